The molecular formula is C24H38O6. The van der Waals surface area contributed by atoms with Crippen LogP contribution in [0, 0.1) is 10.8 Å². The molecule has 0 fully saturated rings. The molecule has 1 aromatic carbocycles. The van der Waals surface area contributed by atoms with E-state index in [1.54, 1.807) is 33.8 Å². The smallest absolute Gasteiger partial charge is 0.309 e. The first kappa shape index (κ1) is 25.8. The summed E-state index contributed by atoms with van der Waals surface area (Å²) in [6.45, 7) is 6.93. The lowest BCUT2D eigenvalue weighted by Gasteiger charge is -2.18. The topological polar surface area (TPSA) is 115 Å². The Hall–Kier alpha value is -2.24. The van der Waals surface area contributed by atoms with Gasteiger partial charge in [-0.25, -0.2) is 0 Å². The first-order valence-electron chi connectivity index (χ1n) is 10.9. The quantitative estimate of drug-likeness (QED) is 0.232. The van der Waals surface area contributed by atoms with Crippen LogP contribution in [0.1, 0.15) is 90.2 Å². The number of unbranched alkanes of at least 4 members (excludes halogenated alkanes) is 4. The molecule has 0 spiro atoms. The van der Waals surface area contributed by atoms with Crippen molar-refractivity contribution in [3.63, 3.8) is 0 Å². The summed E-state index contributed by atoms with van der Waals surface area (Å²) in [6.07, 6.45) is 7.79. The zero-order valence-electron chi connectivity index (χ0n) is 18.8. The van der Waals surface area contributed by atoms with Crippen molar-refractivity contribution >= 4 is 11.9 Å². The predicted molar refractivity (Wildman–Crippen MR) is 117 cm³/mol. The van der Waals surface area contributed by atoms with Crippen molar-refractivity contribution < 1.29 is 30.0 Å². The van der Waals surface area contributed by atoms with Crippen molar-refractivity contribution in [3.8, 4) is 11.5 Å². The number of rotatable bonds is 14. The van der Waals surface area contributed by atoms with Gasteiger partial charge in [-0.1, -0.05) is 31.7 Å². The summed E-state index contributed by atoms with van der Waals surface area (Å²) in [5, 5.41) is 38.5. The number of phenolic OH excluding ortho intramolecular Hbond substituents is 2. The van der Waals surface area contributed by atoms with Gasteiger partial charge in [0.2, 0.25) is 0 Å². The van der Waals surface area contributed by atoms with Gasteiger partial charge in [0, 0.05) is 0 Å². The molecule has 0 unspecified atom stereocenters. The second-order valence-corrected chi connectivity index (χ2v) is 9.62. The van der Waals surface area contributed by atoms with Crippen LogP contribution in [0.5, 0.6) is 11.5 Å². The maximum atomic E-state index is 11.2. The number of carboxylic acids is 2. The molecule has 1 rings (SSSR count). The molecule has 0 amide bonds. The Balaban J connectivity index is 2.47. The van der Waals surface area contributed by atoms with Crippen LogP contribution in [0.2, 0.25) is 0 Å². The van der Waals surface area contributed by atoms with Gasteiger partial charge in [-0.3, -0.25) is 9.59 Å². The fraction of sp³-hybridized carbons (Fsp3) is 0.667. The lowest BCUT2D eigenvalue weighted by Crippen LogP contribution is -2.23. The average molecular weight is 423 g/mol. The van der Waals surface area contributed by atoms with Gasteiger partial charge in [-0.2, -0.15) is 0 Å². The van der Waals surface area contributed by atoms with Crippen LogP contribution in [-0.2, 0) is 22.4 Å². The zero-order chi connectivity index (χ0) is 22.9. The van der Waals surface area contributed by atoms with Crippen LogP contribution in [0.4, 0.5) is 0 Å². The molecule has 4 N–H and O–H groups in total. The summed E-state index contributed by atoms with van der Waals surface area (Å²) < 4.78 is 0. The highest BCUT2D eigenvalue weighted by molar-refractivity contribution is 5.73. The van der Waals surface area contributed by atoms with E-state index in [0.29, 0.717) is 19.3 Å². The van der Waals surface area contributed by atoms with E-state index >= 15 is 0 Å². The van der Waals surface area contributed by atoms with Gasteiger partial charge in [-0.15, -0.1) is 0 Å². The largest absolute Gasteiger partial charge is 0.504 e. The van der Waals surface area contributed by atoms with Crippen molar-refractivity contribution in [3.05, 3.63) is 23.3 Å². The SMILES string of the molecule is CC(C)(CCCCCCc1cc(CCCCC(C)(C)C(=O)O)cc(O)c1O)C(=O)O. The number of hydrogen-bond donors (Lipinski definition) is 4. The third-order valence-corrected chi connectivity index (χ3v) is 5.90. The molecule has 0 aliphatic heterocycles. The van der Waals surface area contributed by atoms with Crippen LogP contribution in [0.15, 0.2) is 12.1 Å². The third-order valence-electron chi connectivity index (χ3n) is 5.90. The Morgan fingerprint density at radius 2 is 1.20 bits per heavy atom. The maximum Gasteiger partial charge on any atom is 0.309 e. The fourth-order valence-corrected chi connectivity index (χ4v) is 3.42. The Morgan fingerprint density at radius 3 is 1.73 bits per heavy atom. The number of phenols is 2. The van der Waals surface area contributed by atoms with Gasteiger partial charge in [0.25, 0.3) is 0 Å². The van der Waals surface area contributed by atoms with Gasteiger partial charge >= 0.3 is 11.9 Å². The van der Waals surface area contributed by atoms with Crippen molar-refractivity contribution in [1.82, 2.24) is 0 Å². The second kappa shape index (κ2) is 11.2. The Kier molecular flexibility index (Phi) is 9.66. The number of benzene rings is 1. The molecule has 170 valence electrons. The summed E-state index contributed by atoms with van der Waals surface area (Å²) in [6, 6.07) is 3.50. The van der Waals surface area contributed by atoms with Crippen molar-refractivity contribution in [1.29, 1.82) is 0 Å². The predicted octanol–water partition coefficient (Wildman–Crippen LogP) is 5.53. The highest BCUT2D eigenvalue weighted by Crippen LogP contribution is 2.33. The number of carbonyl (C=O) groups is 2. The van der Waals surface area contributed by atoms with E-state index in [4.69, 9.17) is 5.11 Å². The molecule has 6 nitrogen and oxygen atoms in total. The minimum atomic E-state index is -0.793. The van der Waals surface area contributed by atoms with E-state index < -0.39 is 22.8 Å². The van der Waals surface area contributed by atoms with E-state index in [1.165, 1.54) is 0 Å². The molecule has 30 heavy (non-hydrogen) atoms. The molecule has 0 saturated carbocycles. The van der Waals surface area contributed by atoms with Crippen LogP contribution in [0.25, 0.3) is 0 Å². The molecule has 0 atom stereocenters. The minimum Gasteiger partial charge on any atom is -0.504 e. The molecular weight excluding hydrogens is 384 g/mol. The Morgan fingerprint density at radius 1 is 0.733 bits per heavy atom. The Labute approximate surface area is 180 Å². The maximum absolute atomic E-state index is 11.2. The van der Waals surface area contributed by atoms with Gasteiger partial charge in [0.1, 0.15) is 0 Å². The lowest BCUT2D eigenvalue weighted by atomic mass is 9.86. The zero-order valence-corrected chi connectivity index (χ0v) is 18.8. The number of aryl methyl sites for hydroxylation is 2. The van der Waals surface area contributed by atoms with E-state index in [-0.39, 0.29) is 11.5 Å². The molecule has 0 bridgehead atoms. The molecule has 0 radical (unpaired) electrons. The van der Waals surface area contributed by atoms with E-state index in [9.17, 15) is 24.9 Å². The summed E-state index contributed by atoms with van der Waals surface area (Å²) >= 11 is 0. The Bertz CT molecular complexity index is 721. The highest BCUT2D eigenvalue weighted by Gasteiger charge is 2.26. The number of aromatic hydroxyl groups is 2. The third kappa shape index (κ3) is 8.25. The normalized spacial score (nSPS) is 12.1. The molecule has 0 saturated heterocycles. The highest BCUT2D eigenvalue weighted by atomic mass is 16.4. The summed E-state index contributed by atoms with van der Waals surface area (Å²) in [5.41, 5.74) is 0.235. The van der Waals surface area contributed by atoms with E-state index in [2.05, 4.69) is 0 Å². The van der Waals surface area contributed by atoms with Crippen LogP contribution >= 0.6 is 0 Å². The van der Waals surface area contributed by atoms with Crippen molar-refractivity contribution in [2.24, 2.45) is 10.8 Å². The standard InChI is InChI=1S/C24H38O6/c1-23(2,21(27)28)13-9-6-5-7-12-18-15-17(16-19(25)20(18)26)11-8-10-14-24(3,4)22(29)30/h15-16,25-26H,5-14H2,1-4H3,(H,27,28)(H,29,30). The van der Waals surface area contributed by atoms with Crippen molar-refractivity contribution in [2.75, 3.05) is 0 Å². The first-order valence-corrected chi connectivity index (χ1v) is 10.9. The van der Waals surface area contributed by atoms with Crippen LogP contribution in [0.3, 0.4) is 0 Å². The van der Waals surface area contributed by atoms with E-state index in [1.807, 2.05) is 6.07 Å². The lowest BCUT2D eigenvalue weighted by molar-refractivity contribution is -0.148. The molecule has 0 aliphatic carbocycles. The molecule has 0 aromatic heterocycles. The van der Waals surface area contributed by atoms with Gasteiger partial charge < -0.3 is 20.4 Å². The first-order chi connectivity index (χ1) is 13.9. The minimum absolute atomic E-state index is 0.0715. The molecule has 1 aromatic rings. The molecule has 6 heteroatoms. The molecule has 0 aliphatic rings. The number of hydrogen-bond acceptors (Lipinski definition) is 4. The van der Waals surface area contributed by atoms with Gasteiger partial charge in [0.05, 0.1) is 10.8 Å². The summed E-state index contributed by atoms with van der Waals surface area (Å²) in [7, 11) is 0. The number of aliphatic carboxylic acids is 2. The van der Waals surface area contributed by atoms with Gasteiger partial charge in [-0.05, 0) is 83.4 Å². The monoisotopic (exact) mass is 422 g/mol. The van der Waals surface area contributed by atoms with Crippen LogP contribution < -0.4 is 0 Å². The summed E-state index contributed by atoms with van der Waals surface area (Å²) in [4.78, 5) is 22.3. The summed E-state index contributed by atoms with van der Waals surface area (Å²) in [5.74, 6) is -1.75. The van der Waals surface area contributed by atoms with Crippen molar-refractivity contribution in [2.45, 2.75) is 91.9 Å². The number of carboxylic acid groups (broad SMARTS) is 2. The fourth-order valence-electron chi connectivity index (χ4n) is 3.42. The van der Waals surface area contributed by atoms with E-state index in [0.717, 1.165) is 56.1 Å². The average Bonchev–Trinajstić information content (AvgIpc) is 2.64. The molecule has 0 heterocycles. The van der Waals surface area contributed by atoms with Crippen LogP contribution in [-0.4, -0.2) is 32.4 Å². The second-order valence-electron chi connectivity index (χ2n) is 9.62. The van der Waals surface area contributed by atoms with Gasteiger partial charge in [0.15, 0.2) is 11.5 Å².